The number of carbonyl (C=O) groups excluding carboxylic acids is 3. The Morgan fingerprint density at radius 3 is 2.13 bits per heavy atom. The summed E-state index contributed by atoms with van der Waals surface area (Å²) in [5.41, 5.74) is 0.196. The molecule has 1 N–H and O–H groups in total. The molecular formula is C22H22N6O9S. The minimum Gasteiger partial charge on any atom is -0.461 e. The van der Waals surface area contributed by atoms with Gasteiger partial charge in [0.05, 0.1) is 28.6 Å². The number of rotatable bonds is 14. The number of nitrogens with one attached hydrogen (secondary N) is 1. The zero-order valence-corrected chi connectivity index (χ0v) is 20.8. The molecule has 0 saturated heterocycles. The summed E-state index contributed by atoms with van der Waals surface area (Å²) in [4.78, 5) is 57.0. The highest BCUT2D eigenvalue weighted by molar-refractivity contribution is 7.19. The van der Waals surface area contributed by atoms with Crippen LogP contribution in [0.4, 0.5) is 32.8 Å². The molecule has 0 spiro atoms. The van der Waals surface area contributed by atoms with Gasteiger partial charge < -0.3 is 19.7 Å². The molecule has 2 aromatic rings. The smallest absolute Gasteiger partial charge is 0.333 e. The lowest BCUT2D eigenvalue weighted by Crippen LogP contribution is -2.32. The van der Waals surface area contributed by atoms with Crippen molar-refractivity contribution in [3.8, 4) is 0 Å². The Morgan fingerprint density at radius 1 is 1.03 bits per heavy atom. The van der Waals surface area contributed by atoms with Crippen LogP contribution < -0.4 is 10.2 Å². The first-order valence-corrected chi connectivity index (χ1v) is 11.5. The van der Waals surface area contributed by atoms with Gasteiger partial charge in [-0.15, -0.1) is 10.2 Å². The van der Waals surface area contributed by atoms with Gasteiger partial charge >= 0.3 is 22.6 Å². The molecule has 0 bridgehead atoms. The Morgan fingerprint density at radius 2 is 1.63 bits per heavy atom. The number of anilines is 2. The van der Waals surface area contributed by atoms with Gasteiger partial charge in [0.15, 0.2) is 0 Å². The van der Waals surface area contributed by atoms with E-state index in [1.807, 2.05) is 0 Å². The number of esters is 2. The van der Waals surface area contributed by atoms with E-state index in [-0.39, 0.29) is 42.7 Å². The van der Waals surface area contributed by atoms with Gasteiger partial charge in [0.1, 0.15) is 25.0 Å². The van der Waals surface area contributed by atoms with Gasteiger partial charge in [0, 0.05) is 24.8 Å². The molecule has 0 unspecified atom stereocenters. The SMILES string of the molecule is C=CC(=O)OCCN(CCOC(=O)C=C)c1ccc(N=Nc2sc([N+](=O)[O-])cc2[N+](=O)[O-])c(NC(C)=O)c1. The number of benzene rings is 1. The molecule has 0 aliphatic carbocycles. The third-order valence-electron chi connectivity index (χ3n) is 4.51. The van der Waals surface area contributed by atoms with Crippen LogP contribution in [-0.2, 0) is 23.9 Å². The van der Waals surface area contributed by atoms with Crippen molar-refractivity contribution in [2.45, 2.75) is 6.92 Å². The molecule has 1 aromatic carbocycles. The Hall–Kier alpha value is -4.99. The van der Waals surface area contributed by atoms with Gasteiger partial charge in [-0.25, -0.2) is 9.59 Å². The van der Waals surface area contributed by atoms with Crippen molar-refractivity contribution in [1.29, 1.82) is 0 Å². The number of azo groups is 1. The zero-order chi connectivity index (χ0) is 28.2. The number of thiophene rings is 1. The quantitative estimate of drug-likeness (QED) is 0.118. The van der Waals surface area contributed by atoms with Crippen LogP contribution in [0.3, 0.4) is 0 Å². The van der Waals surface area contributed by atoms with E-state index in [2.05, 4.69) is 28.7 Å². The first kappa shape index (κ1) is 29.2. The van der Waals surface area contributed by atoms with Crippen LogP contribution in [0, 0.1) is 20.2 Å². The predicted molar refractivity (Wildman–Crippen MR) is 137 cm³/mol. The minimum absolute atomic E-state index is 0.0297. The highest BCUT2D eigenvalue weighted by Gasteiger charge is 2.25. The fourth-order valence-electron chi connectivity index (χ4n) is 2.85. The van der Waals surface area contributed by atoms with E-state index in [0.29, 0.717) is 17.0 Å². The lowest BCUT2D eigenvalue weighted by atomic mass is 10.2. The van der Waals surface area contributed by atoms with Crippen LogP contribution in [0.1, 0.15) is 6.92 Å². The topological polar surface area (TPSA) is 196 Å². The summed E-state index contributed by atoms with van der Waals surface area (Å²) in [7, 11) is 0. The van der Waals surface area contributed by atoms with Crippen LogP contribution in [0.2, 0.25) is 0 Å². The van der Waals surface area contributed by atoms with Crippen molar-refractivity contribution in [3.05, 3.63) is 69.8 Å². The summed E-state index contributed by atoms with van der Waals surface area (Å²) in [5, 5.41) is 31.8. The molecule has 15 nitrogen and oxygen atoms in total. The average Bonchev–Trinajstić information content (AvgIpc) is 3.31. The summed E-state index contributed by atoms with van der Waals surface area (Å²) in [6.45, 7) is 8.19. The normalized spacial score (nSPS) is 10.4. The van der Waals surface area contributed by atoms with Crippen LogP contribution in [0.25, 0.3) is 0 Å². The van der Waals surface area contributed by atoms with Crippen molar-refractivity contribution in [3.63, 3.8) is 0 Å². The first-order valence-electron chi connectivity index (χ1n) is 10.6. The molecule has 1 aromatic heterocycles. The second kappa shape index (κ2) is 13.9. The number of ether oxygens (including phenoxy) is 2. The second-order valence-electron chi connectivity index (χ2n) is 7.10. The molecule has 38 heavy (non-hydrogen) atoms. The highest BCUT2D eigenvalue weighted by Crippen LogP contribution is 2.42. The number of amides is 1. The Kier molecular flexibility index (Phi) is 10.7. The zero-order valence-electron chi connectivity index (χ0n) is 20.0. The summed E-state index contributed by atoms with van der Waals surface area (Å²) >= 11 is 0.476. The first-order chi connectivity index (χ1) is 18.0. The number of nitrogens with zero attached hydrogens (tertiary/aromatic N) is 5. The third kappa shape index (κ3) is 8.59. The van der Waals surface area contributed by atoms with E-state index in [0.717, 1.165) is 18.2 Å². The molecule has 0 atom stereocenters. The van der Waals surface area contributed by atoms with E-state index >= 15 is 0 Å². The molecule has 0 saturated carbocycles. The Labute approximate surface area is 219 Å². The van der Waals surface area contributed by atoms with E-state index in [1.54, 1.807) is 11.0 Å². The van der Waals surface area contributed by atoms with Crippen LogP contribution in [-0.4, -0.2) is 54.0 Å². The molecule has 1 amide bonds. The van der Waals surface area contributed by atoms with Crippen molar-refractivity contribution in [2.24, 2.45) is 10.2 Å². The fourth-order valence-corrected chi connectivity index (χ4v) is 3.61. The summed E-state index contributed by atoms with van der Waals surface area (Å²) in [6.07, 6.45) is 2.02. The monoisotopic (exact) mass is 546 g/mol. The average molecular weight is 547 g/mol. The largest absolute Gasteiger partial charge is 0.461 e. The molecule has 0 fully saturated rings. The van der Waals surface area contributed by atoms with Crippen LogP contribution in [0.5, 0.6) is 0 Å². The van der Waals surface area contributed by atoms with Gasteiger partial charge in [-0.3, -0.25) is 25.0 Å². The molecule has 2 rings (SSSR count). The molecular weight excluding hydrogens is 524 g/mol. The lowest BCUT2D eigenvalue weighted by molar-refractivity contribution is -0.389. The number of hydrogen-bond acceptors (Lipinski definition) is 13. The van der Waals surface area contributed by atoms with Gasteiger partial charge in [0.25, 0.3) is 0 Å². The lowest BCUT2D eigenvalue weighted by Gasteiger charge is -2.25. The van der Waals surface area contributed by atoms with Crippen molar-refractivity contribution in [1.82, 2.24) is 0 Å². The standard InChI is InChI=1S/C22H22N6O9S/c1-4-20(30)36-10-8-26(9-11-37-21(31)5-2)15-6-7-16(17(12-15)23-14(3)29)24-25-22-18(27(32)33)13-19(38-22)28(34)35/h4-7,12-13H,1-2,8-11H2,3H3,(H,23,29). The molecule has 0 aliphatic heterocycles. The second-order valence-corrected chi connectivity index (χ2v) is 8.11. The predicted octanol–water partition coefficient (Wildman–Crippen LogP) is 4.20. The van der Waals surface area contributed by atoms with Gasteiger partial charge in [-0.05, 0) is 29.5 Å². The minimum atomic E-state index is -0.814. The maximum absolute atomic E-state index is 11.8. The molecule has 16 heteroatoms. The van der Waals surface area contributed by atoms with Gasteiger partial charge in [0.2, 0.25) is 10.9 Å². The van der Waals surface area contributed by atoms with Crippen LogP contribution in [0.15, 0.2) is 59.8 Å². The summed E-state index contributed by atoms with van der Waals surface area (Å²) < 4.78 is 10.0. The van der Waals surface area contributed by atoms with Crippen molar-refractivity contribution in [2.75, 3.05) is 36.5 Å². The van der Waals surface area contributed by atoms with Crippen molar-refractivity contribution < 1.29 is 33.7 Å². The highest BCUT2D eigenvalue weighted by atomic mass is 32.1. The molecule has 0 aliphatic rings. The number of hydrogen-bond donors (Lipinski definition) is 1. The van der Waals surface area contributed by atoms with E-state index in [9.17, 15) is 34.6 Å². The number of carbonyl (C=O) groups is 3. The van der Waals surface area contributed by atoms with Gasteiger partial charge in [-0.1, -0.05) is 13.2 Å². The summed E-state index contributed by atoms with van der Waals surface area (Å²) in [6, 6.07) is 5.34. The van der Waals surface area contributed by atoms with E-state index in [1.165, 1.54) is 19.1 Å². The van der Waals surface area contributed by atoms with Gasteiger partial charge in [-0.2, -0.15) is 0 Å². The maximum Gasteiger partial charge on any atom is 0.333 e. The summed E-state index contributed by atoms with van der Waals surface area (Å²) in [5.74, 6) is -1.70. The van der Waals surface area contributed by atoms with Crippen molar-refractivity contribution >= 4 is 61.9 Å². The fraction of sp³-hybridized carbons (Fsp3) is 0.227. The Bertz CT molecular complexity index is 1260. The Balaban J connectivity index is 2.39. The molecule has 1 heterocycles. The third-order valence-corrected chi connectivity index (χ3v) is 5.47. The number of nitro groups is 2. The maximum atomic E-state index is 11.8. The van der Waals surface area contributed by atoms with E-state index < -0.39 is 38.4 Å². The molecule has 200 valence electrons. The van der Waals surface area contributed by atoms with E-state index in [4.69, 9.17) is 9.47 Å². The molecule has 0 radical (unpaired) electrons. The van der Waals surface area contributed by atoms with Crippen LogP contribution >= 0.6 is 11.3 Å².